The third-order valence-electron chi connectivity index (χ3n) is 2.51. The van der Waals surface area contributed by atoms with Crippen LogP contribution in [-0.4, -0.2) is 16.2 Å². The summed E-state index contributed by atoms with van der Waals surface area (Å²) in [5, 5.41) is -0.267. The van der Waals surface area contributed by atoms with Crippen molar-refractivity contribution in [2.24, 2.45) is 5.41 Å². The largest absolute Gasteiger partial charge is 0.281 e. The molecule has 0 aliphatic rings. The van der Waals surface area contributed by atoms with Crippen molar-refractivity contribution in [2.45, 2.75) is 32.4 Å². The fourth-order valence-electron chi connectivity index (χ4n) is 0.492. The Hall–Kier alpha value is 0.310. The van der Waals surface area contributed by atoms with Gasteiger partial charge in [-0.1, -0.05) is 13.8 Å². The predicted molar refractivity (Wildman–Crippen MR) is 52.2 cm³/mol. The van der Waals surface area contributed by atoms with E-state index in [9.17, 15) is 4.79 Å². The first-order valence-corrected chi connectivity index (χ1v) is 5.11. The summed E-state index contributed by atoms with van der Waals surface area (Å²) in [6.45, 7) is 7.80. The molecular weight excluding hydrogens is 180 g/mol. The van der Waals surface area contributed by atoms with Crippen LogP contribution in [0.1, 0.15) is 27.7 Å². The minimum Gasteiger partial charge on any atom is -0.281 e. The molecule has 66 valence electrons. The van der Waals surface area contributed by atoms with Gasteiger partial charge in [-0.15, -0.1) is 0 Å². The lowest BCUT2D eigenvalue weighted by Gasteiger charge is -2.36. The SMILES string of the molecule is CSC(C)(C)C(C)(C)C(=O)Cl. The van der Waals surface area contributed by atoms with Gasteiger partial charge in [-0.25, -0.2) is 0 Å². The van der Waals surface area contributed by atoms with Gasteiger partial charge in [0.2, 0.25) is 5.24 Å². The maximum absolute atomic E-state index is 11.0. The van der Waals surface area contributed by atoms with E-state index in [1.54, 1.807) is 11.8 Å². The van der Waals surface area contributed by atoms with Crippen LogP contribution in [0.5, 0.6) is 0 Å². The number of carbonyl (C=O) groups is 1. The highest BCUT2D eigenvalue weighted by molar-refractivity contribution is 8.00. The third kappa shape index (κ3) is 2.12. The zero-order valence-corrected chi connectivity index (χ0v) is 9.27. The molecule has 0 spiro atoms. The van der Waals surface area contributed by atoms with Crippen molar-refractivity contribution in [3.63, 3.8) is 0 Å². The molecule has 3 heteroatoms. The smallest absolute Gasteiger partial charge is 0.228 e. The average Bonchev–Trinajstić information content (AvgIpc) is 1.87. The van der Waals surface area contributed by atoms with Crippen molar-refractivity contribution in [3.05, 3.63) is 0 Å². The first-order chi connectivity index (χ1) is 4.75. The van der Waals surface area contributed by atoms with Crippen LogP contribution in [0.4, 0.5) is 0 Å². The quantitative estimate of drug-likeness (QED) is 0.643. The average molecular weight is 195 g/mol. The summed E-state index contributed by atoms with van der Waals surface area (Å²) in [6.07, 6.45) is 1.99. The summed E-state index contributed by atoms with van der Waals surface area (Å²) in [5.74, 6) is 0. The molecule has 0 rings (SSSR count). The van der Waals surface area contributed by atoms with Gasteiger partial charge in [0.25, 0.3) is 0 Å². The normalized spacial score (nSPS) is 13.3. The Morgan fingerprint density at radius 3 is 1.73 bits per heavy atom. The molecule has 0 unspecified atom stereocenters. The molecule has 0 amide bonds. The van der Waals surface area contributed by atoms with E-state index in [0.717, 1.165) is 0 Å². The van der Waals surface area contributed by atoms with Crippen LogP contribution >= 0.6 is 23.4 Å². The summed E-state index contributed by atoms with van der Waals surface area (Å²) < 4.78 is -0.105. The lowest BCUT2D eigenvalue weighted by molar-refractivity contribution is -0.120. The highest BCUT2D eigenvalue weighted by Gasteiger charge is 2.41. The lowest BCUT2D eigenvalue weighted by atomic mass is 9.82. The molecule has 0 aromatic heterocycles. The Kier molecular flexibility index (Phi) is 3.45. The molecule has 0 aliphatic carbocycles. The number of halogens is 1. The highest BCUT2D eigenvalue weighted by atomic mass is 35.5. The molecule has 0 atom stereocenters. The van der Waals surface area contributed by atoms with Gasteiger partial charge in [-0.05, 0) is 31.7 Å². The minimum atomic E-state index is -0.464. The van der Waals surface area contributed by atoms with E-state index in [2.05, 4.69) is 0 Å². The fourth-order valence-corrected chi connectivity index (χ4v) is 1.39. The molecule has 0 radical (unpaired) electrons. The van der Waals surface area contributed by atoms with Crippen LogP contribution in [0.3, 0.4) is 0 Å². The molecule has 1 nitrogen and oxygen atoms in total. The van der Waals surface area contributed by atoms with Gasteiger partial charge >= 0.3 is 0 Å². The van der Waals surface area contributed by atoms with E-state index < -0.39 is 5.41 Å². The Labute approximate surface area is 77.9 Å². The van der Waals surface area contributed by atoms with E-state index in [4.69, 9.17) is 11.6 Å². The first kappa shape index (κ1) is 11.3. The Bertz CT molecular complexity index is 163. The minimum absolute atomic E-state index is 0.105. The molecule has 0 N–H and O–H groups in total. The van der Waals surface area contributed by atoms with Crippen LogP contribution in [0.2, 0.25) is 0 Å². The molecule has 0 saturated heterocycles. The van der Waals surface area contributed by atoms with Crippen LogP contribution in [0.15, 0.2) is 0 Å². The molecular formula is C8H15ClOS. The fraction of sp³-hybridized carbons (Fsp3) is 0.875. The van der Waals surface area contributed by atoms with Crippen molar-refractivity contribution in [2.75, 3.05) is 6.26 Å². The molecule has 11 heavy (non-hydrogen) atoms. The molecule has 0 aliphatic heterocycles. The van der Waals surface area contributed by atoms with Gasteiger partial charge in [0, 0.05) is 4.75 Å². The lowest BCUT2D eigenvalue weighted by Crippen LogP contribution is -2.40. The molecule has 0 fully saturated rings. The van der Waals surface area contributed by atoms with E-state index in [-0.39, 0.29) is 9.99 Å². The van der Waals surface area contributed by atoms with Crippen molar-refractivity contribution in [3.8, 4) is 0 Å². The van der Waals surface area contributed by atoms with E-state index in [1.165, 1.54) is 0 Å². The third-order valence-corrected chi connectivity index (χ3v) is 4.51. The van der Waals surface area contributed by atoms with Crippen molar-refractivity contribution < 1.29 is 4.79 Å². The van der Waals surface area contributed by atoms with Gasteiger partial charge in [-0.3, -0.25) is 4.79 Å². The van der Waals surface area contributed by atoms with Crippen molar-refractivity contribution in [1.82, 2.24) is 0 Å². The van der Waals surface area contributed by atoms with Gasteiger partial charge in [0.15, 0.2) is 0 Å². The van der Waals surface area contributed by atoms with Gasteiger partial charge in [0.1, 0.15) is 0 Å². The van der Waals surface area contributed by atoms with E-state index in [1.807, 2.05) is 34.0 Å². The summed E-state index contributed by atoms with van der Waals surface area (Å²) in [6, 6.07) is 0. The first-order valence-electron chi connectivity index (χ1n) is 3.51. The zero-order valence-electron chi connectivity index (χ0n) is 7.69. The number of hydrogen-bond donors (Lipinski definition) is 0. The Morgan fingerprint density at radius 1 is 1.27 bits per heavy atom. The molecule has 0 saturated carbocycles. The van der Waals surface area contributed by atoms with Crippen LogP contribution in [-0.2, 0) is 4.79 Å². The topological polar surface area (TPSA) is 17.1 Å². The second kappa shape index (κ2) is 3.36. The molecule has 0 aromatic rings. The molecule has 0 heterocycles. The standard InChI is InChI=1S/C8H15ClOS/c1-7(2,6(9)10)8(3,4)11-5/h1-5H3. The van der Waals surface area contributed by atoms with Gasteiger partial charge < -0.3 is 0 Å². The van der Waals surface area contributed by atoms with Crippen LogP contribution in [0.25, 0.3) is 0 Å². The summed E-state index contributed by atoms with van der Waals surface area (Å²) in [7, 11) is 0. The second-order valence-electron chi connectivity index (χ2n) is 3.61. The van der Waals surface area contributed by atoms with Gasteiger partial charge in [0.05, 0.1) is 5.41 Å². The summed E-state index contributed by atoms with van der Waals surface area (Å²) in [5.41, 5.74) is -0.464. The van der Waals surface area contributed by atoms with Crippen molar-refractivity contribution >= 4 is 28.6 Å². The summed E-state index contributed by atoms with van der Waals surface area (Å²) >= 11 is 7.14. The zero-order chi connectivity index (χ0) is 9.28. The highest BCUT2D eigenvalue weighted by Crippen LogP contribution is 2.41. The summed E-state index contributed by atoms with van der Waals surface area (Å²) in [4.78, 5) is 11.0. The monoisotopic (exact) mass is 194 g/mol. The Morgan fingerprint density at radius 2 is 1.64 bits per heavy atom. The maximum atomic E-state index is 11.0. The molecule has 0 aromatic carbocycles. The number of carbonyl (C=O) groups excluding carboxylic acids is 1. The van der Waals surface area contributed by atoms with Crippen LogP contribution in [0, 0.1) is 5.41 Å². The predicted octanol–water partition coefficient (Wildman–Crippen LogP) is 2.92. The van der Waals surface area contributed by atoms with Gasteiger partial charge in [-0.2, -0.15) is 11.8 Å². The number of rotatable bonds is 3. The van der Waals surface area contributed by atoms with Crippen LogP contribution < -0.4 is 0 Å². The number of thioether (sulfide) groups is 1. The molecule has 0 bridgehead atoms. The Balaban J connectivity index is 4.67. The maximum Gasteiger partial charge on any atom is 0.228 e. The number of hydrogen-bond acceptors (Lipinski definition) is 2. The van der Waals surface area contributed by atoms with E-state index in [0.29, 0.717) is 0 Å². The van der Waals surface area contributed by atoms with Crippen molar-refractivity contribution in [1.29, 1.82) is 0 Å². The second-order valence-corrected chi connectivity index (χ2v) is 5.39. The van der Waals surface area contributed by atoms with E-state index >= 15 is 0 Å².